The number of nitrogen functional groups attached to an aromatic ring is 1. The maximum absolute atomic E-state index is 12.7. The predicted octanol–water partition coefficient (Wildman–Crippen LogP) is 3.34. The Morgan fingerprint density at radius 3 is 2.64 bits per heavy atom. The number of hydrogen-bond donors (Lipinski definition) is 1. The summed E-state index contributed by atoms with van der Waals surface area (Å²) in [6.07, 6.45) is 0. The van der Waals surface area contributed by atoms with E-state index < -0.39 is 6.67 Å². The van der Waals surface area contributed by atoms with Gasteiger partial charge >= 0.3 is 0 Å². The Morgan fingerprint density at radius 2 is 2.05 bits per heavy atom. The molecule has 0 saturated carbocycles. The Labute approximate surface area is 127 Å². The molecular weight excluding hydrogens is 285 g/mol. The minimum absolute atomic E-state index is 0.145. The first kappa shape index (κ1) is 14.5. The molecular formula is C15H18FN5O. The third-order valence-electron chi connectivity index (χ3n) is 3.65. The summed E-state index contributed by atoms with van der Waals surface area (Å²) >= 11 is 0. The lowest BCUT2D eigenvalue weighted by Crippen LogP contribution is -2.06. The Bertz CT molecular complexity index is 849. The molecule has 0 aliphatic rings. The normalized spacial score (nSPS) is 11.7. The van der Waals surface area contributed by atoms with Crippen molar-refractivity contribution in [1.29, 1.82) is 0 Å². The highest BCUT2D eigenvalue weighted by molar-refractivity contribution is 5.97. The van der Waals surface area contributed by atoms with E-state index in [1.807, 2.05) is 32.4 Å². The van der Waals surface area contributed by atoms with Crippen molar-refractivity contribution in [3.05, 3.63) is 23.1 Å². The summed E-state index contributed by atoms with van der Waals surface area (Å²) < 4.78 is 19.8. The van der Waals surface area contributed by atoms with E-state index in [1.165, 1.54) is 0 Å². The van der Waals surface area contributed by atoms with Crippen LogP contribution in [0.25, 0.3) is 22.4 Å². The number of anilines is 1. The van der Waals surface area contributed by atoms with E-state index in [1.54, 1.807) is 6.07 Å². The fourth-order valence-corrected chi connectivity index (χ4v) is 2.64. The van der Waals surface area contributed by atoms with Crippen LogP contribution in [0, 0.1) is 13.8 Å². The Hall–Kier alpha value is -2.44. The van der Waals surface area contributed by atoms with Gasteiger partial charge in [-0.1, -0.05) is 5.16 Å². The molecule has 3 aromatic rings. The maximum Gasteiger partial charge on any atom is 0.171 e. The molecule has 3 heterocycles. The smallest absolute Gasteiger partial charge is 0.171 e. The van der Waals surface area contributed by atoms with Crippen molar-refractivity contribution in [3.63, 3.8) is 0 Å². The Kier molecular flexibility index (Phi) is 3.35. The summed E-state index contributed by atoms with van der Waals surface area (Å²) in [4.78, 5) is 4.61. The standard InChI is InChI=1S/C15H18FN5O/c1-7(2)21-15-13(17)12(11-5-10(6-16)20-22-11)8(3)18-14(15)9(4)19-21/h5,7H,6H2,1-4H3,(H2,17,18). The zero-order valence-corrected chi connectivity index (χ0v) is 13.0. The first-order valence-corrected chi connectivity index (χ1v) is 7.10. The molecule has 3 rings (SSSR count). The number of aromatic nitrogens is 4. The van der Waals surface area contributed by atoms with Gasteiger partial charge in [0, 0.05) is 12.1 Å². The van der Waals surface area contributed by atoms with Gasteiger partial charge in [-0.25, -0.2) is 9.37 Å². The molecule has 0 atom stereocenters. The summed E-state index contributed by atoms with van der Waals surface area (Å²) in [5.41, 5.74) is 10.9. The van der Waals surface area contributed by atoms with Crippen molar-refractivity contribution in [2.45, 2.75) is 40.4 Å². The van der Waals surface area contributed by atoms with Crippen molar-refractivity contribution >= 4 is 16.7 Å². The van der Waals surface area contributed by atoms with Crippen molar-refractivity contribution in [2.24, 2.45) is 0 Å². The molecule has 0 bridgehead atoms. The number of rotatable bonds is 3. The van der Waals surface area contributed by atoms with E-state index in [9.17, 15) is 4.39 Å². The molecule has 0 unspecified atom stereocenters. The van der Waals surface area contributed by atoms with Crippen LogP contribution in [-0.2, 0) is 6.67 Å². The third kappa shape index (κ3) is 2.04. The number of nitrogens with zero attached hydrogens (tertiary/aromatic N) is 4. The molecule has 0 saturated heterocycles. The van der Waals surface area contributed by atoms with Crippen molar-refractivity contribution in [3.8, 4) is 11.3 Å². The van der Waals surface area contributed by atoms with E-state index >= 15 is 0 Å². The molecule has 2 N–H and O–H groups in total. The van der Waals surface area contributed by atoms with Crippen LogP contribution >= 0.6 is 0 Å². The van der Waals surface area contributed by atoms with Gasteiger partial charge in [-0.2, -0.15) is 5.10 Å². The van der Waals surface area contributed by atoms with E-state index in [0.29, 0.717) is 22.7 Å². The van der Waals surface area contributed by atoms with Crippen LogP contribution in [0.15, 0.2) is 10.6 Å². The molecule has 0 aliphatic carbocycles. The average Bonchev–Trinajstić information content (AvgIpc) is 3.04. The third-order valence-corrected chi connectivity index (χ3v) is 3.65. The second kappa shape index (κ2) is 5.08. The van der Waals surface area contributed by atoms with Gasteiger partial charge in [0.15, 0.2) is 5.76 Å². The molecule has 0 aromatic carbocycles. The number of pyridine rings is 1. The molecule has 3 aromatic heterocycles. The second-order valence-corrected chi connectivity index (χ2v) is 5.62. The Morgan fingerprint density at radius 1 is 1.32 bits per heavy atom. The zero-order chi connectivity index (χ0) is 16.0. The highest BCUT2D eigenvalue weighted by atomic mass is 19.1. The average molecular weight is 303 g/mol. The van der Waals surface area contributed by atoms with Gasteiger partial charge in [-0.3, -0.25) is 4.68 Å². The first-order chi connectivity index (χ1) is 10.4. The zero-order valence-electron chi connectivity index (χ0n) is 13.0. The quantitative estimate of drug-likeness (QED) is 0.802. The summed E-state index contributed by atoms with van der Waals surface area (Å²) in [6.45, 7) is 7.12. The fourth-order valence-electron chi connectivity index (χ4n) is 2.64. The lowest BCUT2D eigenvalue weighted by atomic mass is 10.1. The number of fused-ring (bicyclic) bond motifs is 1. The number of alkyl halides is 1. The number of nitrogens with two attached hydrogens (primary N) is 1. The fraction of sp³-hybridized carbons (Fsp3) is 0.400. The van der Waals surface area contributed by atoms with Crippen LogP contribution in [0.3, 0.4) is 0 Å². The molecule has 0 spiro atoms. The van der Waals surface area contributed by atoms with E-state index in [0.717, 1.165) is 16.7 Å². The van der Waals surface area contributed by atoms with Gasteiger partial charge in [-0.05, 0) is 27.7 Å². The van der Waals surface area contributed by atoms with Crippen LogP contribution < -0.4 is 5.73 Å². The van der Waals surface area contributed by atoms with Crippen LogP contribution in [0.5, 0.6) is 0 Å². The van der Waals surface area contributed by atoms with Crippen molar-refractivity contribution in [1.82, 2.24) is 19.9 Å². The summed E-state index contributed by atoms with van der Waals surface area (Å²) in [5.74, 6) is 0.422. The minimum atomic E-state index is -0.679. The van der Waals surface area contributed by atoms with Crippen molar-refractivity contribution in [2.75, 3.05) is 5.73 Å². The van der Waals surface area contributed by atoms with Crippen LogP contribution in [0.1, 0.15) is 37.0 Å². The van der Waals surface area contributed by atoms with E-state index in [4.69, 9.17) is 10.3 Å². The van der Waals surface area contributed by atoms with Gasteiger partial charge in [0.2, 0.25) is 0 Å². The molecule has 0 fully saturated rings. The minimum Gasteiger partial charge on any atom is -0.396 e. The van der Waals surface area contributed by atoms with Gasteiger partial charge in [0.05, 0.1) is 22.6 Å². The lowest BCUT2D eigenvalue weighted by Gasteiger charge is -2.12. The molecule has 7 heteroatoms. The predicted molar refractivity (Wildman–Crippen MR) is 82.1 cm³/mol. The second-order valence-electron chi connectivity index (χ2n) is 5.62. The molecule has 0 aliphatic heterocycles. The first-order valence-electron chi connectivity index (χ1n) is 7.10. The molecule has 22 heavy (non-hydrogen) atoms. The highest BCUT2D eigenvalue weighted by Crippen LogP contribution is 2.36. The number of halogens is 1. The van der Waals surface area contributed by atoms with Gasteiger partial charge < -0.3 is 10.3 Å². The summed E-state index contributed by atoms with van der Waals surface area (Å²) in [5, 5.41) is 8.20. The Balaban J connectivity index is 2.33. The van der Waals surface area contributed by atoms with Gasteiger partial charge in [0.1, 0.15) is 23.4 Å². The largest absolute Gasteiger partial charge is 0.396 e. The van der Waals surface area contributed by atoms with E-state index in [2.05, 4.69) is 15.2 Å². The number of aryl methyl sites for hydroxylation is 2. The molecule has 0 amide bonds. The monoisotopic (exact) mass is 303 g/mol. The van der Waals surface area contributed by atoms with Crippen LogP contribution in [0.2, 0.25) is 0 Å². The molecule has 0 radical (unpaired) electrons. The summed E-state index contributed by atoms with van der Waals surface area (Å²) in [7, 11) is 0. The van der Waals surface area contributed by atoms with Gasteiger partial charge in [0.25, 0.3) is 0 Å². The summed E-state index contributed by atoms with van der Waals surface area (Å²) in [6, 6.07) is 1.70. The van der Waals surface area contributed by atoms with Gasteiger partial charge in [-0.15, -0.1) is 0 Å². The maximum atomic E-state index is 12.7. The topological polar surface area (TPSA) is 82.8 Å². The van der Waals surface area contributed by atoms with Crippen LogP contribution in [0.4, 0.5) is 10.1 Å². The van der Waals surface area contributed by atoms with Crippen LogP contribution in [-0.4, -0.2) is 19.9 Å². The SMILES string of the molecule is Cc1nc2c(C)nn(C(C)C)c2c(N)c1-c1cc(CF)no1. The lowest BCUT2D eigenvalue weighted by molar-refractivity contribution is 0.396. The highest BCUT2D eigenvalue weighted by Gasteiger charge is 2.22. The molecule has 116 valence electrons. The van der Waals surface area contributed by atoms with Crippen molar-refractivity contribution < 1.29 is 8.91 Å². The van der Waals surface area contributed by atoms with E-state index in [-0.39, 0.29) is 11.7 Å². The molecule has 6 nitrogen and oxygen atoms in total. The number of hydrogen-bond acceptors (Lipinski definition) is 5.